The summed E-state index contributed by atoms with van der Waals surface area (Å²) in [5, 5.41) is 6.46. The van der Waals surface area contributed by atoms with Gasteiger partial charge in [-0.15, -0.1) is 0 Å². The highest BCUT2D eigenvalue weighted by Gasteiger charge is 2.21. The van der Waals surface area contributed by atoms with Crippen LogP contribution in [0, 0.1) is 0 Å². The molecule has 2 N–H and O–H groups in total. The number of guanidine groups is 1. The SMILES string of the molecule is CCCN(CCNC(=NC)NCc1ccc(C(=O)N(C)C)cc1)C(=O)OC(C)(C)C. The van der Waals surface area contributed by atoms with Crippen molar-refractivity contribution in [2.45, 2.75) is 46.3 Å². The Labute approximate surface area is 180 Å². The van der Waals surface area contributed by atoms with Gasteiger partial charge in [-0.1, -0.05) is 19.1 Å². The van der Waals surface area contributed by atoms with Crippen LogP contribution < -0.4 is 10.6 Å². The van der Waals surface area contributed by atoms with Crippen molar-refractivity contribution in [3.05, 3.63) is 35.4 Å². The molecule has 1 aromatic carbocycles. The number of carbonyl (C=O) groups is 2. The summed E-state index contributed by atoms with van der Waals surface area (Å²) in [7, 11) is 5.17. The van der Waals surface area contributed by atoms with Gasteiger partial charge in [0.1, 0.15) is 5.60 Å². The van der Waals surface area contributed by atoms with Crippen LogP contribution >= 0.6 is 0 Å². The zero-order chi connectivity index (χ0) is 22.7. The first-order chi connectivity index (χ1) is 14.1. The highest BCUT2D eigenvalue weighted by atomic mass is 16.6. The summed E-state index contributed by atoms with van der Waals surface area (Å²) in [6.45, 7) is 9.90. The molecule has 0 bridgehead atoms. The first kappa shape index (κ1) is 25.3. The minimum Gasteiger partial charge on any atom is -0.444 e. The van der Waals surface area contributed by atoms with Crippen molar-refractivity contribution < 1.29 is 14.3 Å². The molecule has 0 fully saturated rings. The number of aliphatic imine (C=N–C) groups is 1. The molecule has 8 nitrogen and oxygen atoms in total. The molecule has 0 radical (unpaired) electrons. The van der Waals surface area contributed by atoms with E-state index in [9.17, 15) is 9.59 Å². The topological polar surface area (TPSA) is 86.3 Å². The quantitative estimate of drug-likeness (QED) is 0.500. The van der Waals surface area contributed by atoms with Gasteiger partial charge in [-0.05, 0) is 44.9 Å². The smallest absolute Gasteiger partial charge is 0.410 e. The van der Waals surface area contributed by atoms with Crippen molar-refractivity contribution in [2.75, 3.05) is 40.8 Å². The second-order valence-electron chi connectivity index (χ2n) is 8.22. The number of rotatable bonds is 8. The molecule has 1 rings (SSSR count). The number of hydrogen-bond acceptors (Lipinski definition) is 4. The normalized spacial score (nSPS) is 11.6. The van der Waals surface area contributed by atoms with Gasteiger partial charge in [-0.2, -0.15) is 0 Å². The summed E-state index contributed by atoms with van der Waals surface area (Å²) in [5.74, 6) is 0.623. The van der Waals surface area contributed by atoms with E-state index < -0.39 is 5.60 Å². The molecule has 30 heavy (non-hydrogen) atoms. The first-order valence-corrected chi connectivity index (χ1v) is 10.3. The van der Waals surface area contributed by atoms with Gasteiger partial charge in [0.15, 0.2) is 5.96 Å². The van der Waals surface area contributed by atoms with Crippen molar-refractivity contribution in [3.8, 4) is 0 Å². The fourth-order valence-corrected chi connectivity index (χ4v) is 2.63. The number of ether oxygens (including phenoxy) is 1. The third kappa shape index (κ3) is 9.15. The largest absolute Gasteiger partial charge is 0.444 e. The highest BCUT2D eigenvalue weighted by molar-refractivity contribution is 5.93. The van der Waals surface area contributed by atoms with Crippen LogP contribution in [0.1, 0.15) is 50.0 Å². The van der Waals surface area contributed by atoms with E-state index in [1.165, 1.54) is 0 Å². The molecule has 0 aromatic heterocycles. The van der Waals surface area contributed by atoms with Gasteiger partial charge in [0, 0.05) is 52.9 Å². The van der Waals surface area contributed by atoms with E-state index in [1.54, 1.807) is 30.9 Å². The maximum atomic E-state index is 12.3. The Kier molecular flexibility index (Phi) is 10.1. The van der Waals surface area contributed by atoms with E-state index in [2.05, 4.69) is 15.6 Å². The maximum Gasteiger partial charge on any atom is 0.410 e. The van der Waals surface area contributed by atoms with Crippen LogP contribution in [0.5, 0.6) is 0 Å². The first-order valence-electron chi connectivity index (χ1n) is 10.3. The summed E-state index contributed by atoms with van der Waals surface area (Å²) in [4.78, 5) is 31.8. The fraction of sp³-hybridized carbons (Fsp3) is 0.591. The number of carbonyl (C=O) groups excluding carboxylic acids is 2. The van der Waals surface area contributed by atoms with Crippen molar-refractivity contribution in [3.63, 3.8) is 0 Å². The Morgan fingerprint density at radius 1 is 1.07 bits per heavy atom. The molecule has 168 valence electrons. The Bertz CT molecular complexity index is 708. The van der Waals surface area contributed by atoms with Gasteiger partial charge in [-0.25, -0.2) is 4.79 Å². The molecule has 0 heterocycles. The average Bonchev–Trinajstić information content (AvgIpc) is 2.68. The average molecular weight is 420 g/mol. The van der Waals surface area contributed by atoms with Crippen LogP contribution in [0.25, 0.3) is 0 Å². The van der Waals surface area contributed by atoms with Crippen molar-refractivity contribution in [1.82, 2.24) is 20.4 Å². The molecule has 0 unspecified atom stereocenters. The zero-order valence-electron chi connectivity index (χ0n) is 19.4. The van der Waals surface area contributed by atoms with E-state index in [4.69, 9.17) is 4.74 Å². The Morgan fingerprint density at radius 2 is 1.70 bits per heavy atom. The molecular weight excluding hydrogens is 382 g/mol. The number of nitrogens with one attached hydrogen (secondary N) is 2. The van der Waals surface area contributed by atoms with Crippen LogP contribution in [0.2, 0.25) is 0 Å². The highest BCUT2D eigenvalue weighted by Crippen LogP contribution is 2.10. The Balaban J connectivity index is 2.52. The van der Waals surface area contributed by atoms with Gasteiger partial charge in [0.25, 0.3) is 5.91 Å². The lowest BCUT2D eigenvalue weighted by Gasteiger charge is -2.27. The van der Waals surface area contributed by atoms with Crippen LogP contribution in [0.15, 0.2) is 29.3 Å². The molecule has 8 heteroatoms. The Hall–Kier alpha value is -2.77. The lowest BCUT2D eigenvalue weighted by atomic mass is 10.1. The second-order valence-corrected chi connectivity index (χ2v) is 8.22. The van der Waals surface area contributed by atoms with E-state index >= 15 is 0 Å². The molecule has 0 spiro atoms. The molecule has 0 atom stereocenters. The van der Waals surface area contributed by atoms with E-state index in [1.807, 2.05) is 52.0 Å². The monoisotopic (exact) mass is 419 g/mol. The molecule has 1 aromatic rings. The number of nitrogens with zero attached hydrogens (tertiary/aromatic N) is 3. The third-order valence-electron chi connectivity index (χ3n) is 4.11. The fourth-order valence-electron chi connectivity index (χ4n) is 2.63. The minimum absolute atomic E-state index is 0.0198. The van der Waals surface area contributed by atoms with Crippen molar-refractivity contribution in [1.29, 1.82) is 0 Å². The van der Waals surface area contributed by atoms with Gasteiger partial charge in [0.05, 0.1) is 0 Å². The molecule has 0 aliphatic rings. The van der Waals surface area contributed by atoms with Crippen LogP contribution in [-0.4, -0.2) is 74.1 Å². The molecule has 2 amide bonds. The maximum absolute atomic E-state index is 12.3. The van der Waals surface area contributed by atoms with Gasteiger partial charge in [-0.3, -0.25) is 9.79 Å². The van der Waals surface area contributed by atoms with E-state index in [0.29, 0.717) is 37.7 Å². The number of hydrogen-bond donors (Lipinski definition) is 2. The number of benzene rings is 1. The lowest BCUT2D eigenvalue weighted by molar-refractivity contribution is 0.0253. The number of amides is 2. The molecule has 0 aliphatic carbocycles. The molecule has 0 saturated heterocycles. The summed E-state index contributed by atoms with van der Waals surface area (Å²) in [5.41, 5.74) is 1.18. The van der Waals surface area contributed by atoms with Crippen molar-refractivity contribution in [2.24, 2.45) is 4.99 Å². The summed E-state index contributed by atoms with van der Waals surface area (Å²) >= 11 is 0. The van der Waals surface area contributed by atoms with Crippen LogP contribution in [0.4, 0.5) is 4.79 Å². The predicted molar refractivity (Wildman–Crippen MR) is 121 cm³/mol. The summed E-state index contributed by atoms with van der Waals surface area (Å²) in [6, 6.07) is 7.48. The van der Waals surface area contributed by atoms with Gasteiger partial charge >= 0.3 is 6.09 Å². The zero-order valence-corrected chi connectivity index (χ0v) is 19.4. The Morgan fingerprint density at radius 3 is 2.20 bits per heavy atom. The van der Waals surface area contributed by atoms with Crippen LogP contribution in [0.3, 0.4) is 0 Å². The van der Waals surface area contributed by atoms with E-state index in [-0.39, 0.29) is 12.0 Å². The van der Waals surface area contributed by atoms with E-state index in [0.717, 1.165) is 12.0 Å². The lowest BCUT2D eigenvalue weighted by Crippen LogP contribution is -2.44. The summed E-state index contributed by atoms with van der Waals surface area (Å²) in [6.07, 6.45) is 0.555. The van der Waals surface area contributed by atoms with Crippen LogP contribution in [-0.2, 0) is 11.3 Å². The van der Waals surface area contributed by atoms with Gasteiger partial charge in [0.2, 0.25) is 0 Å². The molecule has 0 aliphatic heterocycles. The minimum atomic E-state index is -0.513. The third-order valence-corrected chi connectivity index (χ3v) is 4.11. The van der Waals surface area contributed by atoms with Crippen molar-refractivity contribution >= 4 is 18.0 Å². The molecular formula is C22H37N5O3. The summed E-state index contributed by atoms with van der Waals surface area (Å²) < 4.78 is 5.47. The predicted octanol–water partition coefficient (Wildman–Crippen LogP) is 2.70. The second kappa shape index (κ2) is 12.0. The van der Waals surface area contributed by atoms with Gasteiger partial charge < -0.3 is 25.2 Å². The molecule has 0 saturated carbocycles. The standard InChI is InChI=1S/C22H37N5O3/c1-8-14-27(21(29)30-22(2,3)4)15-13-24-20(23-5)25-16-17-9-11-18(12-10-17)19(28)26(6)7/h9-12H,8,13-16H2,1-7H3,(H2,23,24,25).